The van der Waals surface area contributed by atoms with Crippen LogP contribution < -0.4 is 19.5 Å². The van der Waals surface area contributed by atoms with Crippen molar-refractivity contribution in [1.82, 2.24) is 10.2 Å². The molecule has 2 rings (SSSR count). The molecule has 0 aliphatic carbocycles. The average Bonchev–Trinajstić information content (AvgIpc) is 2.60. The maximum Gasteiger partial charge on any atom is 0.239 e. The van der Waals surface area contributed by atoms with Crippen molar-refractivity contribution in [3.8, 4) is 17.2 Å². The Morgan fingerprint density at radius 1 is 1.17 bits per heavy atom. The predicted molar refractivity (Wildman–Crippen MR) is 92.9 cm³/mol. The fraction of sp³-hybridized carbons (Fsp3) is 0.611. The fourth-order valence-corrected chi connectivity index (χ4v) is 2.95. The molecule has 0 radical (unpaired) electrons. The van der Waals surface area contributed by atoms with E-state index in [2.05, 4.69) is 5.32 Å². The third-order valence-corrected chi connectivity index (χ3v) is 4.36. The van der Waals surface area contributed by atoms with E-state index in [1.807, 2.05) is 24.1 Å². The standard InChI is InChI=1S/C18H28N2O4/c1-19-15-7-5-4-6-10-20(18(15)21)11-12-24-14-8-9-16(22-2)17(13-14)23-3/h8-9,13,15,19H,4-7,10-12H2,1-3H3/t15-/m1/s1. The first-order chi connectivity index (χ1) is 11.7. The van der Waals surface area contributed by atoms with Crippen LogP contribution in [0.2, 0.25) is 0 Å². The summed E-state index contributed by atoms with van der Waals surface area (Å²) >= 11 is 0. The molecular formula is C18H28N2O4. The molecule has 0 unspecified atom stereocenters. The number of nitrogens with one attached hydrogen (secondary N) is 1. The highest BCUT2D eigenvalue weighted by molar-refractivity contribution is 5.81. The first-order valence-electron chi connectivity index (χ1n) is 8.50. The first kappa shape index (κ1) is 18.4. The summed E-state index contributed by atoms with van der Waals surface area (Å²) in [5, 5.41) is 3.12. The minimum atomic E-state index is -0.0774. The van der Waals surface area contributed by atoms with E-state index >= 15 is 0 Å². The third kappa shape index (κ3) is 4.77. The quantitative estimate of drug-likeness (QED) is 0.826. The van der Waals surface area contributed by atoms with Gasteiger partial charge in [0.1, 0.15) is 12.4 Å². The number of hydrogen-bond donors (Lipinski definition) is 1. The Morgan fingerprint density at radius 3 is 2.67 bits per heavy atom. The van der Waals surface area contributed by atoms with Crippen LogP contribution in [0.3, 0.4) is 0 Å². The number of nitrogens with zero attached hydrogens (tertiary/aromatic N) is 1. The molecule has 134 valence electrons. The molecule has 0 bridgehead atoms. The van der Waals surface area contributed by atoms with Gasteiger partial charge in [-0.15, -0.1) is 0 Å². The van der Waals surface area contributed by atoms with Crippen molar-refractivity contribution in [2.45, 2.75) is 31.7 Å². The number of likely N-dealkylation sites (N-methyl/N-ethyl adjacent to an activating group) is 1. The van der Waals surface area contributed by atoms with Gasteiger partial charge in [-0.1, -0.05) is 12.8 Å². The predicted octanol–water partition coefficient (Wildman–Crippen LogP) is 2.07. The van der Waals surface area contributed by atoms with Gasteiger partial charge in [-0.3, -0.25) is 4.79 Å². The molecule has 6 heteroatoms. The van der Waals surface area contributed by atoms with Gasteiger partial charge >= 0.3 is 0 Å². The van der Waals surface area contributed by atoms with E-state index in [4.69, 9.17) is 14.2 Å². The largest absolute Gasteiger partial charge is 0.493 e. The molecule has 1 N–H and O–H groups in total. The molecule has 24 heavy (non-hydrogen) atoms. The van der Waals surface area contributed by atoms with Crippen LogP contribution in [-0.4, -0.2) is 57.8 Å². The Labute approximate surface area is 144 Å². The van der Waals surface area contributed by atoms with E-state index < -0.39 is 0 Å². The Balaban J connectivity index is 1.91. The normalized spacial score (nSPS) is 18.7. The highest BCUT2D eigenvalue weighted by Crippen LogP contribution is 2.30. The number of ether oxygens (including phenoxy) is 3. The maximum absolute atomic E-state index is 12.5. The van der Waals surface area contributed by atoms with Crippen LogP contribution >= 0.6 is 0 Å². The summed E-state index contributed by atoms with van der Waals surface area (Å²) < 4.78 is 16.3. The van der Waals surface area contributed by atoms with Gasteiger partial charge in [-0.2, -0.15) is 0 Å². The van der Waals surface area contributed by atoms with Crippen LogP contribution in [-0.2, 0) is 4.79 Å². The summed E-state index contributed by atoms with van der Waals surface area (Å²) in [6, 6.07) is 5.37. The second kappa shape index (κ2) is 9.37. The molecule has 1 amide bonds. The average molecular weight is 336 g/mol. The van der Waals surface area contributed by atoms with Crippen LogP contribution in [0, 0.1) is 0 Å². The molecule has 0 aromatic heterocycles. The van der Waals surface area contributed by atoms with Gasteiger partial charge in [-0.05, 0) is 32.0 Å². The molecule has 1 saturated heterocycles. The monoisotopic (exact) mass is 336 g/mol. The van der Waals surface area contributed by atoms with E-state index in [0.717, 1.165) is 25.8 Å². The molecule has 0 spiro atoms. The third-order valence-electron chi connectivity index (χ3n) is 4.36. The summed E-state index contributed by atoms with van der Waals surface area (Å²) in [5.74, 6) is 2.18. The molecule has 1 aliphatic rings. The maximum atomic E-state index is 12.5. The van der Waals surface area contributed by atoms with Crippen molar-refractivity contribution in [3.05, 3.63) is 18.2 Å². The highest BCUT2D eigenvalue weighted by atomic mass is 16.5. The first-order valence-corrected chi connectivity index (χ1v) is 8.50. The molecule has 6 nitrogen and oxygen atoms in total. The van der Waals surface area contributed by atoms with Crippen LogP contribution in [0.15, 0.2) is 18.2 Å². The molecule has 1 aliphatic heterocycles. The number of likely N-dealkylation sites (tertiary alicyclic amines) is 1. The van der Waals surface area contributed by atoms with E-state index in [9.17, 15) is 4.79 Å². The van der Waals surface area contributed by atoms with Crippen molar-refractivity contribution in [1.29, 1.82) is 0 Å². The zero-order valence-electron chi connectivity index (χ0n) is 14.8. The molecule has 0 saturated carbocycles. The van der Waals surface area contributed by atoms with Crippen molar-refractivity contribution in [3.63, 3.8) is 0 Å². The second-order valence-electron chi connectivity index (χ2n) is 5.88. The zero-order valence-corrected chi connectivity index (χ0v) is 14.8. The Hall–Kier alpha value is -1.95. The lowest BCUT2D eigenvalue weighted by atomic mass is 10.0. The molecule has 1 aromatic carbocycles. The Morgan fingerprint density at radius 2 is 1.96 bits per heavy atom. The number of rotatable bonds is 7. The molecule has 1 atom stereocenters. The lowest BCUT2D eigenvalue weighted by Crippen LogP contribution is -2.47. The number of hydrogen-bond acceptors (Lipinski definition) is 5. The second-order valence-corrected chi connectivity index (χ2v) is 5.88. The summed E-state index contributed by atoms with van der Waals surface area (Å²) in [5.41, 5.74) is 0. The summed E-state index contributed by atoms with van der Waals surface area (Å²) in [4.78, 5) is 14.4. The van der Waals surface area contributed by atoms with Crippen molar-refractivity contribution in [2.75, 3.05) is 41.0 Å². The zero-order chi connectivity index (χ0) is 17.4. The number of carbonyl (C=O) groups excluding carboxylic acids is 1. The Bertz CT molecular complexity index is 536. The van der Waals surface area contributed by atoms with Gasteiger partial charge in [0.05, 0.1) is 26.8 Å². The lowest BCUT2D eigenvalue weighted by molar-refractivity contribution is -0.134. The van der Waals surface area contributed by atoms with E-state index in [0.29, 0.717) is 30.4 Å². The van der Waals surface area contributed by atoms with Gasteiger partial charge < -0.3 is 24.4 Å². The number of methoxy groups -OCH3 is 2. The number of benzene rings is 1. The minimum Gasteiger partial charge on any atom is -0.493 e. The van der Waals surface area contributed by atoms with Crippen LogP contribution in [0.5, 0.6) is 17.2 Å². The number of amides is 1. The summed E-state index contributed by atoms with van der Waals surface area (Å²) in [7, 11) is 5.05. The topological polar surface area (TPSA) is 60.0 Å². The van der Waals surface area contributed by atoms with Gasteiger partial charge in [0.25, 0.3) is 0 Å². The van der Waals surface area contributed by atoms with E-state index in [1.54, 1.807) is 20.3 Å². The van der Waals surface area contributed by atoms with Gasteiger partial charge in [-0.25, -0.2) is 0 Å². The van der Waals surface area contributed by atoms with Gasteiger partial charge in [0.2, 0.25) is 5.91 Å². The van der Waals surface area contributed by atoms with Crippen molar-refractivity contribution < 1.29 is 19.0 Å². The Kier molecular flexibility index (Phi) is 7.18. The molecular weight excluding hydrogens is 308 g/mol. The van der Waals surface area contributed by atoms with Gasteiger partial charge in [0.15, 0.2) is 11.5 Å². The minimum absolute atomic E-state index is 0.0774. The summed E-state index contributed by atoms with van der Waals surface area (Å²) in [6.07, 6.45) is 4.23. The highest BCUT2D eigenvalue weighted by Gasteiger charge is 2.24. The van der Waals surface area contributed by atoms with E-state index in [1.165, 1.54) is 6.42 Å². The van der Waals surface area contributed by atoms with Crippen LogP contribution in [0.4, 0.5) is 0 Å². The van der Waals surface area contributed by atoms with Crippen LogP contribution in [0.25, 0.3) is 0 Å². The fourth-order valence-electron chi connectivity index (χ4n) is 2.95. The van der Waals surface area contributed by atoms with Crippen LogP contribution in [0.1, 0.15) is 25.7 Å². The van der Waals surface area contributed by atoms with Crippen molar-refractivity contribution in [2.24, 2.45) is 0 Å². The summed E-state index contributed by atoms with van der Waals surface area (Å²) in [6.45, 7) is 1.84. The molecule has 1 heterocycles. The SMILES string of the molecule is CN[C@@H]1CCCCCN(CCOc2ccc(OC)c(OC)c2)C1=O. The van der Waals surface area contributed by atoms with Gasteiger partial charge in [0, 0.05) is 12.6 Å². The molecule has 1 aromatic rings. The smallest absolute Gasteiger partial charge is 0.239 e. The number of carbonyl (C=O) groups is 1. The molecule has 1 fully saturated rings. The van der Waals surface area contributed by atoms with E-state index in [-0.39, 0.29) is 11.9 Å². The lowest BCUT2D eigenvalue weighted by Gasteiger charge is -2.29. The van der Waals surface area contributed by atoms with Crippen molar-refractivity contribution >= 4 is 5.91 Å².